The average Bonchev–Trinajstić information content (AvgIpc) is 2.47. The molecule has 0 spiro atoms. The number of benzene rings is 1. The second kappa shape index (κ2) is 7.50. The number of thioether (sulfide) groups is 1. The number of amides is 2. The zero-order valence-electron chi connectivity index (χ0n) is 12.6. The lowest BCUT2D eigenvalue weighted by atomic mass is 10.2. The van der Waals surface area contributed by atoms with Crippen molar-refractivity contribution >= 4 is 29.3 Å². The van der Waals surface area contributed by atoms with Gasteiger partial charge in [-0.15, -0.1) is 11.8 Å². The molecule has 21 heavy (non-hydrogen) atoms. The molecule has 1 heterocycles. The molecular formula is C16H22N2O2S. The molecule has 1 aromatic rings. The number of carbonyl (C=O) groups is 2. The molecule has 0 aromatic heterocycles. The summed E-state index contributed by atoms with van der Waals surface area (Å²) < 4.78 is 0. The van der Waals surface area contributed by atoms with Gasteiger partial charge in [-0.25, -0.2) is 0 Å². The Morgan fingerprint density at radius 3 is 2.90 bits per heavy atom. The number of nitrogens with one attached hydrogen (secondary N) is 1. The Morgan fingerprint density at radius 1 is 1.38 bits per heavy atom. The van der Waals surface area contributed by atoms with E-state index in [1.54, 1.807) is 11.8 Å². The van der Waals surface area contributed by atoms with E-state index < -0.39 is 0 Å². The van der Waals surface area contributed by atoms with E-state index in [-0.39, 0.29) is 11.8 Å². The van der Waals surface area contributed by atoms with Gasteiger partial charge >= 0.3 is 0 Å². The largest absolute Gasteiger partial charge is 0.356 e. The van der Waals surface area contributed by atoms with Crippen LogP contribution in [0.2, 0.25) is 0 Å². The van der Waals surface area contributed by atoms with Crippen molar-refractivity contribution in [1.82, 2.24) is 5.32 Å². The van der Waals surface area contributed by atoms with Gasteiger partial charge in [0, 0.05) is 24.4 Å². The lowest BCUT2D eigenvalue weighted by Gasteiger charge is -2.28. The van der Waals surface area contributed by atoms with Crippen molar-refractivity contribution in [3.05, 3.63) is 24.3 Å². The maximum Gasteiger partial charge on any atom is 0.237 e. The van der Waals surface area contributed by atoms with Gasteiger partial charge in [-0.3, -0.25) is 9.59 Å². The molecule has 1 aliphatic heterocycles. The third-order valence-electron chi connectivity index (χ3n) is 3.30. The first-order chi connectivity index (χ1) is 10.1. The maximum absolute atomic E-state index is 12.1. The molecule has 0 radical (unpaired) electrons. The fraction of sp³-hybridized carbons (Fsp3) is 0.500. The lowest BCUT2D eigenvalue weighted by Crippen LogP contribution is -2.36. The normalized spacial score (nSPS) is 14.2. The topological polar surface area (TPSA) is 49.4 Å². The summed E-state index contributed by atoms with van der Waals surface area (Å²) in [6.07, 6.45) is 1.15. The fourth-order valence-corrected chi connectivity index (χ4v) is 3.14. The van der Waals surface area contributed by atoms with Gasteiger partial charge < -0.3 is 10.2 Å². The summed E-state index contributed by atoms with van der Waals surface area (Å²) in [7, 11) is 0. The number of anilines is 1. The summed E-state index contributed by atoms with van der Waals surface area (Å²) in [6, 6.07) is 7.94. The molecule has 0 unspecified atom stereocenters. The molecule has 0 bridgehead atoms. The standard InChI is InChI=1S/C16H22N2O2S/c1-12(2)10-17-15(19)8-5-9-18-13-6-3-4-7-14(13)21-11-16(18)20/h3-4,6-7,12H,5,8-11H2,1-2H3,(H,17,19). The maximum atomic E-state index is 12.1. The zero-order chi connectivity index (χ0) is 15.2. The first kappa shape index (κ1) is 15.9. The molecule has 5 heteroatoms. The molecule has 1 aliphatic rings. The quantitative estimate of drug-likeness (QED) is 0.879. The second-order valence-electron chi connectivity index (χ2n) is 5.60. The van der Waals surface area contributed by atoms with Crippen LogP contribution in [0.15, 0.2) is 29.2 Å². The first-order valence-corrected chi connectivity index (χ1v) is 8.35. The molecule has 114 valence electrons. The van der Waals surface area contributed by atoms with E-state index in [2.05, 4.69) is 19.2 Å². The van der Waals surface area contributed by atoms with Crippen molar-refractivity contribution in [2.24, 2.45) is 5.92 Å². The predicted octanol–water partition coefficient (Wildman–Crippen LogP) is 2.68. The smallest absolute Gasteiger partial charge is 0.237 e. The molecule has 0 aliphatic carbocycles. The number of para-hydroxylation sites is 1. The van der Waals surface area contributed by atoms with Crippen LogP contribution in [-0.4, -0.2) is 30.7 Å². The van der Waals surface area contributed by atoms with Crippen molar-refractivity contribution in [3.8, 4) is 0 Å². The Labute approximate surface area is 130 Å². The predicted molar refractivity (Wildman–Crippen MR) is 86.6 cm³/mol. The van der Waals surface area contributed by atoms with Crippen LogP contribution in [-0.2, 0) is 9.59 Å². The van der Waals surface area contributed by atoms with Crippen molar-refractivity contribution in [1.29, 1.82) is 0 Å². The minimum Gasteiger partial charge on any atom is -0.356 e. The molecule has 1 aromatic carbocycles. The van der Waals surface area contributed by atoms with Gasteiger partial charge in [-0.05, 0) is 24.5 Å². The number of rotatable bonds is 6. The zero-order valence-corrected chi connectivity index (χ0v) is 13.4. The number of carbonyl (C=O) groups excluding carboxylic acids is 2. The summed E-state index contributed by atoms with van der Waals surface area (Å²) in [5, 5.41) is 2.90. The monoisotopic (exact) mass is 306 g/mol. The van der Waals surface area contributed by atoms with Gasteiger partial charge in [0.1, 0.15) is 0 Å². The highest BCUT2D eigenvalue weighted by atomic mass is 32.2. The fourth-order valence-electron chi connectivity index (χ4n) is 2.20. The highest BCUT2D eigenvalue weighted by Crippen LogP contribution is 2.34. The molecule has 0 saturated carbocycles. The minimum absolute atomic E-state index is 0.0656. The Hall–Kier alpha value is -1.49. The van der Waals surface area contributed by atoms with Gasteiger partial charge in [-0.2, -0.15) is 0 Å². The van der Waals surface area contributed by atoms with Crippen molar-refractivity contribution in [3.63, 3.8) is 0 Å². The number of hydrogen-bond acceptors (Lipinski definition) is 3. The molecular weight excluding hydrogens is 284 g/mol. The van der Waals surface area contributed by atoms with Crippen LogP contribution in [0, 0.1) is 5.92 Å². The van der Waals surface area contributed by atoms with E-state index in [0.717, 1.165) is 10.6 Å². The Balaban J connectivity index is 1.85. The van der Waals surface area contributed by atoms with E-state index in [4.69, 9.17) is 0 Å². The second-order valence-corrected chi connectivity index (χ2v) is 6.62. The van der Waals surface area contributed by atoms with Crippen LogP contribution in [0.1, 0.15) is 26.7 Å². The summed E-state index contributed by atoms with van der Waals surface area (Å²) in [5.41, 5.74) is 0.973. The van der Waals surface area contributed by atoms with Crippen molar-refractivity contribution < 1.29 is 9.59 Å². The third-order valence-corrected chi connectivity index (χ3v) is 4.35. The molecule has 1 N–H and O–H groups in total. The molecule has 0 saturated heterocycles. The Bertz CT molecular complexity index is 517. The highest BCUT2D eigenvalue weighted by Gasteiger charge is 2.23. The Kier molecular flexibility index (Phi) is 5.67. The minimum atomic E-state index is 0.0656. The number of fused-ring (bicyclic) bond motifs is 1. The van der Waals surface area contributed by atoms with Crippen LogP contribution in [0.25, 0.3) is 0 Å². The van der Waals surface area contributed by atoms with Gasteiger partial charge in [0.05, 0.1) is 11.4 Å². The van der Waals surface area contributed by atoms with Crippen LogP contribution in [0.5, 0.6) is 0 Å². The van der Waals surface area contributed by atoms with Crippen LogP contribution in [0.3, 0.4) is 0 Å². The van der Waals surface area contributed by atoms with Crippen LogP contribution >= 0.6 is 11.8 Å². The molecule has 4 nitrogen and oxygen atoms in total. The summed E-state index contributed by atoms with van der Waals surface area (Å²) >= 11 is 1.58. The van der Waals surface area contributed by atoms with E-state index >= 15 is 0 Å². The average molecular weight is 306 g/mol. The Morgan fingerprint density at radius 2 is 2.14 bits per heavy atom. The molecule has 2 rings (SSSR count). The van der Waals surface area contributed by atoms with Crippen molar-refractivity contribution in [2.75, 3.05) is 23.7 Å². The molecule has 0 fully saturated rings. The molecule has 2 amide bonds. The number of hydrogen-bond donors (Lipinski definition) is 1. The number of nitrogens with zero attached hydrogens (tertiary/aromatic N) is 1. The summed E-state index contributed by atoms with van der Waals surface area (Å²) in [4.78, 5) is 26.7. The van der Waals surface area contributed by atoms with Crippen LogP contribution < -0.4 is 10.2 Å². The lowest BCUT2D eigenvalue weighted by molar-refractivity contribution is -0.121. The summed E-state index contributed by atoms with van der Waals surface area (Å²) in [6.45, 7) is 5.45. The van der Waals surface area contributed by atoms with Gasteiger partial charge in [0.2, 0.25) is 11.8 Å². The SMILES string of the molecule is CC(C)CNC(=O)CCCN1C(=O)CSc2ccccc21. The van der Waals surface area contributed by atoms with Gasteiger partial charge in [0.25, 0.3) is 0 Å². The van der Waals surface area contributed by atoms with Gasteiger partial charge in [0.15, 0.2) is 0 Å². The van der Waals surface area contributed by atoms with Crippen molar-refractivity contribution in [2.45, 2.75) is 31.6 Å². The first-order valence-electron chi connectivity index (χ1n) is 7.37. The van der Waals surface area contributed by atoms with E-state index in [9.17, 15) is 9.59 Å². The van der Waals surface area contributed by atoms with Gasteiger partial charge in [-0.1, -0.05) is 26.0 Å². The van der Waals surface area contributed by atoms with E-state index in [1.165, 1.54) is 0 Å². The summed E-state index contributed by atoms with van der Waals surface area (Å²) in [5.74, 6) is 1.13. The van der Waals surface area contributed by atoms with E-state index in [1.807, 2.05) is 29.2 Å². The van der Waals surface area contributed by atoms with E-state index in [0.29, 0.717) is 37.6 Å². The molecule has 0 atom stereocenters. The highest BCUT2D eigenvalue weighted by molar-refractivity contribution is 8.00. The third kappa shape index (κ3) is 4.49. The van der Waals surface area contributed by atoms with Crippen LogP contribution in [0.4, 0.5) is 5.69 Å².